The number of carbonyl (C=O) groups is 2. The lowest BCUT2D eigenvalue weighted by atomic mass is 9.95. The summed E-state index contributed by atoms with van der Waals surface area (Å²) < 4.78 is 15.2. The summed E-state index contributed by atoms with van der Waals surface area (Å²) in [6.45, 7) is 10.5. The van der Waals surface area contributed by atoms with Crippen LogP contribution in [-0.2, 0) is 16.6 Å². The van der Waals surface area contributed by atoms with E-state index < -0.39 is 17.9 Å². The maximum Gasteiger partial charge on any atom is 0.326 e. The van der Waals surface area contributed by atoms with Crippen LogP contribution in [0.3, 0.4) is 0 Å². The first-order valence-electron chi connectivity index (χ1n) is 14.8. The Bertz CT molecular complexity index is 1810. The van der Waals surface area contributed by atoms with Gasteiger partial charge in [-0.05, 0) is 51.8 Å². The van der Waals surface area contributed by atoms with Crippen LogP contribution in [-0.4, -0.2) is 33.0 Å². The molecule has 3 aromatic carbocycles. The number of aromatic nitrogens is 2. The SMILES string of the molecule is CC(C)c1ccc(-c2ccc(-c3cnc(-c4ccc(C[C@H](NC(=O)c5ccc(C(C)(C)C)s5)C(=O)O)cc4)nc3)c(F)c2)cc1. The molecule has 0 aliphatic heterocycles. The molecule has 6 nitrogen and oxygen atoms in total. The minimum atomic E-state index is -1.11. The molecule has 2 N–H and O–H groups in total. The third-order valence-electron chi connectivity index (χ3n) is 7.67. The molecular formula is C37H36FN3O3S. The third kappa shape index (κ3) is 7.52. The fraction of sp³-hybridized carbons (Fsp3) is 0.243. The highest BCUT2D eigenvalue weighted by molar-refractivity contribution is 7.14. The smallest absolute Gasteiger partial charge is 0.326 e. The topological polar surface area (TPSA) is 92.2 Å². The van der Waals surface area contributed by atoms with E-state index >= 15 is 4.39 Å². The Morgan fingerprint density at radius 3 is 2.02 bits per heavy atom. The molecule has 45 heavy (non-hydrogen) atoms. The Morgan fingerprint density at radius 1 is 0.844 bits per heavy atom. The molecule has 2 heterocycles. The Morgan fingerprint density at radius 2 is 1.47 bits per heavy atom. The van der Waals surface area contributed by atoms with Crippen molar-refractivity contribution in [1.29, 1.82) is 0 Å². The number of nitrogens with one attached hydrogen (secondary N) is 1. The molecule has 5 aromatic rings. The number of thiophene rings is 1. The average molecular weight is 622 g/mol. The summed E-state index contributed by atoms with van der Waals surface area (Å²) in [6.07, 6.45) is 3.31. The number of amides is 1. The number of aliphatic carboxylic acids is 1. The van der Waals surface area contributed by atoms with Crippen molar-refractivity contribution in [3.8, 4) is 33.6 Å². The normalized spacial score (nSPS) is 12.2. The van der Waals surface area contributed by atoms with Gasteiger partial charge in [0.25, 0.3) is 5.91 Å². The molecule has 8 heteroatoms. The zero-order valence-corrected chi connectivity index (χ0v) is 26.8. The van der Waals surface area contributed by atoms with Gasteiger partial charge < -0.3 is 10.4 Å². The van der Waals surface area contributed by atoms with Gasteiger partial charge in [0.1, 0.15) is 11.9 Å². The van der Waals surface area contributed by atoms with Crippen LogP contribution in [0.2, 0.25) is 0 Å². The van der Waals surface area contributed by atoms with E-state index in [0.29, 0.717) is 27.7 Å². The summed E-state index contributed by atoms with van der Waals surface area (Å²) in [5, 5.41) is 12.4. The van der Waals surface area contributed by atoms with Crippen LogP contribution >= 0.6 is 11.3 Å². The minimum absolute atomic E-state index is 0.0935. The number of nitrogens with zero attached hydrogens (tertiary/aromatic N) is 2. The number of carbonyl (C=O) groups excluding carboxylic acids is 1. The van der Waals surface area contributed by atoms with Gasteiger partial charge in [0.2, 0.25) is 0 Å². The van der Waals surface area contributed by atoms with E-state index in [0.717, 1.165) is 27.1 Å². The Hall–Kier alpha value is -4.69. The number of rotatable bonds is 9. The first kappa shape index (κ1) is 31.7. The van der Waals surface area contributed by atoms with Crippen molar-refractivity contribution in [1.82, 2.24) is 15.3 Å². The quantitative estimate of drug-likeness (QED) is 0.172. The van der Waals surface area contributed by atoms with Crippen LogP contribution < -0.4 is 5.32 Å². The van der Waals surface area contributed by atoms with Gasteiger partial charge in [-0.15, -0.1) is 11.3 Å². The standard InChI is InChI=1S/C37H36FN3O3S/c1-22(2)24-10-12-25(13-11-24)27-14-15-29(30(38)19-27)28-20-39-34(40-21-28)26-8-6-23(7-9-26)18-31(36(43)44)41-35(42)32-16-17-33(45-32)37(3,4)5/h6-17,19-22,31H,18H2,1-5H3,(H,41,42)(H,43,44)/t31-/m0/s1. The van der Waals surface area contributed by atoms with Crippen LogP contribution in [0.4, 0.5) is 4.39 Å². The monoisotopic (exact) mass is 621 g/mol. The summed E-state index contributed by atoms with van der Waals surface area (Å²) in [5.41, 5.74) is 5.35. The second-order valence-corrected chi connectivity index (χ2v) is 13.5. The van der Waals surface area contributed by atoms with Crippen LogP contribution in [0.5, 0.6) is 0 Å². The summed E-state index contributed by atoms with van der Waals surface area (Å²) in [6, 6.07) is 23.1. The number of carboxylic acid groups (broad SMARTS) is 1. The molecule has 0 saturated heterocycles. The average Bonchev–Trinajstić information content (AvgIpc) is 3.53. The zero-order valence-electron chi connectivity index (χ0n) is 26.0. The summed E-state index contributed by atoms with van der Waals surface area (Å²) >= 11 is 1.37. The van der Waals surface area contributed by atoms with E-state index in [2.05, 4.69) is 62.0 Å². The van der Waals surface area contributed by atoms with Gasteiger partial charge in [0.15, 0.2) is 5.82 Å². The van der Waals surface area contributed by atoms with E-state index in [-0.39, 0.29) is 17.7 Å². The van der Waals surface area contributed by atoms with Gasteiger partial charge in [-0.25, -0.2) is 19.2 Å². The highest BCUT2D eigenvalue weighted by Gasteiger charge is 2.24. The molecule has 0 bridgehead atoms. The molecule has 1 atom stereocenters. The highest BCUT2D eigenvalue weighted by atomic mass is 32.1. The Balaban J connectivity index is 1.24. The molecule has 230 valence electrons. The second kappa shape index (κ2) is 13.1. The first-order valence-corrected chi connectivity index (χ1v) is 15.7. The molecule has 0 fully saturated rings. The van der Waals surface area contributed by atoms with Crippen LogP contribution in [0, 0.1) is 5.82 Å². The van der Waals surface area contributed by atoms with Crippen molar-refractivity contribution in [2.45, 2.75) is 58.4 Å². The number of hydrogen-bond donors (Lipinski definition) is 2. The zero-order chi connectivity index (χ0) is 32.3. The van der Waals surface area contributed by atoms with Gasteiger partial charge >= 0.3 is 5.97 Å². The minimum Gasteiger partial charge on any atom is -0.480 e. The number of benzene rings is 3. The first-order chi connectivity index (χ1) is 21.4. The Labute approximate surface area is 267 Å². The van der Waals surface area contributed by atoms with Crippen molar-refractivity contribution in [2.24, 2.45) is 0 Å². The van der Waals surface area contributed by atoms with Crippen molar-refractivity contribution >= 4 is 23.2 Å². The van der Waals surface area contributed by atoms with Gasteiger partial charge in [-0.2, -0.15) is 0 Å². The van der Waals surface area contributed by atoms with Crippen LogP contribution in [0.15, 0.2) is 91.3 Å². The van der Waals surface area contributed by atoms with Crippen molar-refractivity contribution in [2.75, 3.05) is 0 Å². The van der Waals surface area contributed by atoms with E-state index in [1.807, 2.05) is 24.3 Å². The predicted octanol–water partition coefficient (Wildman–Crippen LogP) is 8.52. The summed E-state index contributed by atoms with van der Waals surface area (Å²) in [5.74, 6) is -0.970. The maximum atomic E-state index is 15.2. The summed E-state index contributed by atoms with van der Waals surface area (Å²) in [4.78, 5) is 35.2. The van der Waals surface area contributed by atoms with Crippen molar-refractivity contribution in [3.63, 3.8) is 0 Å². The van der Waals surface area contributed by atoms with Crippen molar-refractivity contribution in [3.05, 3.63) is 118 Å². The van der Waals surface area contributed by atoms with Gasteiger partial charge in [-0.1, -0.05) is 95.3 Å². The molecule has 2 aromatic heterocycles. The molecule has 0 unspecified atom stereocenters. The predicted molar refractivity (Wildman–Crippen MR) is 178 cm³/mol. The number of carboxylic acids is 1. The van der Waals surface area contributed by atoms with Gasteiger partial charge in [0.05, 0.1) is 4.88 Å². The molecule has 0 aliphatic rings. The molecule has 5 rings (SSSR count). The highest BCUT2D eigenvalue weighted by Crippen LogP contribution is 2.31. The van der Waals surface area contributed by atoms with E-state index in [4.69, 9.17) is 0 Å². The maximum absolute atomic E-state index is 15.2. The fourth-order valence-corrected chi connectivity index (χ4v) is 5.89. The largest absolute Gasteiger partial charge is 0.480 e. The number of halogens is 1. The van der Waals surface area contributed by atoms with Crippen LogP contribution in [0.25, 0.3) is 33.6 Å². The van der Waals surface area contributed by atoms with Gasteiger partial charge in [-0.3, -0.25) is 4.79 Å². The van der Waals surface area contributed by atoms with E-state index in [1.165, 1.54) is 23.0 Å². The van der Waals surface area contributed by atoms with E-state index in [9.17, 15) is 14.7 Å². The van der Waals surface area contributed by atoms with Crippen molar-refractivity contribution < 1.29 is 19.1 Å². The number of hydrogen-bond acceptors (Lipinski definition) is 5. The molecule has 0 saturated carbocycles. The molecule has 1 amide bonds. The Kier molecular flexibility index (Phi) is 9.25. The molecule has 0 aliphatic carbocycles. The molecular weight excluding hydrogens is 585 g/mol. The third-order valence-corrected chi connectivity index (χ3v) is 9.18. The molecule has 0 radical (unpaired) electrons. The second-order valence-electron chi connectivity index (χ2n) is 12.4. The fourth-order valence-electron chi connectivity index (χ4n) is 4.92. The lowest BCUT2D eigenvalue weighted by Gasteiger charge is -2.16. The van der Waals surface area contributed by atoms with Gasteiger partial charge in [0, 0.05) is 40.4 Å². The lowest BCUT2D eigenvalue weighted by molar-refractivity contribution is -0.139. The summed E-state index contributed by atoms with van der Waals surface area (Å²) in [7, 11) is 0. The molecule has 0 spiro atoms. The lowest BCUT2D eigenvalue weighted by Crippen LogP contribution is -2.42. The van der Waals surface area contributed by atoms with Crippen LogP contribution in [0.1, 0.15) is 66.2 Å². The van der Waals surface area contributed by atoms with E-state index in [1.54, 1.807) is 48.8 Å².